The van der Waals surface area contributed by atoms with Crippen molar-refractivity contribution in [3.05, 3.63) is 35.0 Å². The molecular weight excluding hydrogens is 232 g/mol. The molecule has 0 aliphatic carbocycles. The standard InChI is InChI=1S/C10H7ClN2O3/c11-7-3-5(14)1-2-6(7)8-4-9(10(15)16)13-12-8/h1-4,14H,(H,12,13)(H,15,16). The molecule has 1 heterocycles. The number of carboxylic acids is 1. The lowest BCUT2D eigenvalue weighted by molar-refractivity contribution is 0.0690. The summed E-state index contributed by atoms with van der Waals surface area (Å²) >= 11 is 5.89. The average molecular weight is 239 g/mol. The monoisotopic (exact) mass is 238 g/mol. The van der Waals surface area contributed by atoms with E-state index in [1.165, 1.54) is 18.2 Å². The summed E-state index contributed by atoms with van der Waals surface area (Å²) in [6.45, 7) is 0. The van der Waals surface area contributed by atoms with Crippen LogP contribution < -0.4 is 0 Å². The first-order valence-electron chi connectivity index (χ1n) is 4.35. The van der Waals surface area contributed by atoms with Crippen LogP contribution in [-0.2, 0) is 0 Å². The molecule has 0 aliphatic rings. The number of aromatic carboxylic acids is 1. The third-order valence-electron chi connectivity index (χ3n) is 2.04. The van der Waals surface area contributed by atoms with Gasteiger partial charge in [0.1, 0.15) is 11.4 Å². The second-order valence-corrected chi connectivity index (χ2v) is 3.54. The Labute approximate surface area is 95.3 Å². The van der Waals surface area contributed by atoms with Crippen LogP contribution in [0.4, 0.5) is 0 Å². The van der Waals surface area contributed by atoms with E-state index in [4.69, 9.17) is 16.7 Å². The summed E-state index contributed by atoms with van der Waals surface area (Å²) in [4.78, 5) is 10.6. The molecule has 16 heavy (non-hydrogen) atoms. The third-order valence-corrected chi connectivity index (χ3v) is 2.35. The Morgan fingerprint density at radius 2 is 2.12 bits per heavy atom. The first-order chi connectivity index (χ1) is 7.58. The van der Waals surface area contributed by atoms with Gasteiger partial charge in [0.15, 0.2) is 0 Å². The highest BCUT2D eigenvalue weighted by Gasteiger charge is 2.11. The molecule has 0 amide bonds. The lowest BCUT2D eigenvalue weighted by atomic mass is 10.1. The minimum atomic E-state index is -1.09. The van der Waals surface area contributed by atoms with E-state index in [1.807, 2.05) is 0 Å². The number of H-pyrrole nitrogens is 1. The van der Waals surface area contributed by atoms with Crippen molar-refractivity contribution in [2.45, 2.75) is 0 Å². The molecule has 0 fully saturated rings. The van der Waals surface area contributed by atoms with Gasteiger partial charge in [0.05, 0.1) is 10.7 Å². The number of phenols is 1. The van der Waals surface area contributed by atoms with Crippen molar-refractivity contribution in [2.75, 3.05) is 0 Å². The van der Waals surface area contributed by atoms with Gasteiger partial charge in [-0.3, -0.25) is 5.10 Å². The molecule has 0 atom stereocenters. The topological polar surface area (TPSA) is 86.2 Å². The minimum absolute atomic E-state index is 0.0147. The van der Waals surface area contributed by atoms with E-state index in [0.717, 1.165) is 0 Å². The number of phenolic OH excluding ortho intramolecular Hbond substituents is 1. The summed E-state index contributed by atoms with van der Waals surface area (Å²) in [6, 6.07) is 5.77. The molecule has 6 heteroatoms. The molecule has 82 valence electrons. The molecule has 0 aliphatic heterocycles. The number of nitrogens with zero attached hydrogens (tertiary/aromatic N) is 1. The largest absolute Gasteiger partial charge is 0.508 e. The Morgan fingerprint density at radius 1 is 1.38 bits per heavy atom. The normalized spacial score (nSPS) is 10.3. The highest BCUT2D eigenvalue weighted by Crippen LogP contribution is 2.29. The molecule has 1 aromatic carbocycles. The predicted octanol–water partition coefficient (Wildman–Crippen LogP) is 2.13. The van der Waals surface area contributed by atoms with Crippen molar-refractivity contribution in [3.8, 4) is 17.0 Å². The smallest absolute Gasteiger partial charge is 0.353 e. The van der Waals surface area contributed by atoms with Gasteiger partial charge < -0.3 is 10.2 Å². The van der Waals surface area contributed by atoms with Crippen LogP contribution in [0.3, 0.4) is 0 Å². The number of aromatic hydroxyl groups is 1. The van der Waals surface area contributed by atoms with Crippen molar-refractivity contribution >= 4 is 17.6 Å². The number of halogens is 1. The zero-order valence-corrected chi connectivity index (χ0v) is 8.69. The molecule has 0 saturated carbocycles. The van der Waals surface area contributed by atoms with E-state index in [1.54, 1.807) is 6.07 Å². The predicted molar refractivity (Wildman–Crippen MR) is 57.7 cm³/mol. The lowest BCUT2D eigenvalue weighted by Crippen LogP contribution is -1.95. The Bertz CT molecular complexity index is 551. The van der Waals surface area contributed by atoms with Gasteiger partial charge in [-0.25, -0.2) is 4.79 Å². The summed E-state index contributed by atoms with van der Waals surface area (Å²) in [5, 5.41) is 24.4. The zero-order chi connectivity index (χ0) is 11.7. The van der Waals surface area contributed by atoms with Crippen LogP contribution in [0.25, 0.3) is 11.3 Å². The number of hydrogen-bond acceptors (Lipinski definition) is 3. The molecule has 0 radical (unpaired) electrons. The highest BCUT2D eigenvalue weighted by molar-refractivity contribution is 6.33. The zero-order valence-electron chi connectivity index (χ0n) is 7.94. The van der Waals surface area contributed by atoms with Gasteiger partial charge in [0.25, 0.3) is 0 Å². The van der Waals surface area contributed by atoms with Crippen molar-refractivity contribution < 1.29 is 15.0 Å². The summed E-state index contributed by atoms with van der Waals surface area (Å²) < 4.78 is 0. The second kappa shape index (κ2) is 3.86. The van der Waals surface area contributed by atoms with Gasteiger partial charge in [0, 0.05) is 5.56 Å². The SMILES string of the molecule is O=C(O)c1cc(-c2ccc(O)cc2Cl)n[nH]1. The molecule has 5 nitrogen and oxygen atoms in total. The van der Waals surface area contributed by atoms with E-state index < -0.39 is 5.97 Å². The van der Waals surface area contributed by atoms with Gasteiger partial charge in [0.2, 0.25) is 0 Å². The van der Waals surface area contributed by atoms with Gasteiger partial charge in [-0.1, -0.05) is 11.6 Å². The molecule has 0 bridgehead atoms. The number of hydrogen-bond donors (Lipinski definition) is 3. The molecule has 2 aromatic rings. The summed E-state index contributed by atoms with van der Waals surface area (Å²) in [7, 11) is 0. The van der Waals surface area contributed by atoms with Crippen LogP contribution in [-0.4, -0.2) is 26.4 Å². The van der Waals surface area contributed by atoms with E-state index in [2.05, 4.69) is 10.2 Å². The number of carboxylic acid groups (broad SMARTS) is 1. The first kappa shape index (κ1) is 10.5. The number of aromatic amines is 1. The molecule has 2 rings (SSSR count). The van der Waals surface area contributed by atoms with E-state index in [0.29, 0.717) is 16.3 Å². The quantitative estimate of drug-likeness (QED) is 0.748. The van der Waals surface area contributed by atoms with Crippen LogP contribution in [0.5, 0.6) is 5.75 Å². The molecule has 0 saturated heterocycles. The lowest BCUT2D eigenvalue weighted by Gasteiger charge is -2.00. The third kappa shape index (κ3) is 1.85. The van der Waals surface area contributed by atoms with Crippen LogP contribution in [0.1, 0.15) is 10.5 Å². The first-order valence-corrected chi connectivity index (χ1v) is 4.73. The Balaban J connectivity index is 2.46. The maximum absolute atomic E-state index is 10.6. The minimum Gasteiger partial charge on any atom is -0.508 e. The van der Waals surface area contributed by atoms with Crippen molar-refractivity contribution in [3.63, 3.8) is 0 Å². The van der Waals surface area contributed by atoms with Crippen LogP contribution in [0, 0.1) is 0 Å². The fourth-order valence-corrected chi connectivity index (χ4v) is 1.55. The summed E-state index contributed by atoms with van der Waals surface area (Å²) in [6.07, 6.45) is 0. The fourth-order valence-electron chi connectivity index (χ4n) is 1.28. The summed E-state index contributed by atoms with van der Waals surface area (Å²) in [5.74, 6) is -1.05. The fraction of sp³-hybridized carbons (Fsp3) is 0. The average Bonchev–Trinajstić information content (AvgIpc) is 2.66. The van der Waals surface area contributed by atoms with Gasteiger partial charge >= 0.3 is 5.97 Å². The van der Waals surface area contributed by atoms with E-state index >= 15 is 0 Å². The van der Waals surface area contributed by atoms with Crippen LogP contribution in [0.2, 0.25) is 5.02 Å². The van der Waals surface area contributed by atoms with Gasteiger partial charge in [-0.05, 0) is 24.3 Å². The summed E-state index contributed by atoms with van der Waals surface area (Å²) in [5.41, 5.74) is 0.963. The Morgan fingerprint density at radius 3 is 2.69 bits per heavy atom. The van der Waals surface area contributed by atoms with Crippen molar-refractivity contribution in [1.29, 1.82) is 0 Å². The molecular formula is C10H7ClN2O3. The molecule has 3 N–H and O–H groups in total. The molecule has 0 spiro atoms. The molecule has 1 aromatic heterocycles. The van der Waals surface area contributed by atoms with Crippen LogP contribution >= 0.6 is 11.6 Å². The number of aromatic nitrogens is 2. The van der Waals surface area contributed by atoms with E-state index in [9.17, 15) is 9.90 Å². The number of carbonyl (C=O) groups is 1. The van der Waals surface area contributed by atoms with Crippen molar-refractivity contribution in [1.82, 2.24) is 10.2 Å². The van der Waals surface area contributed by atoms with Crippen LogP contribution in [0.15, 0.2) is 24.3 Å². The van der Waals surface area contributed by atoms with E-state index in [-0.39, 0.29) is 11.4 Å². The number of benzene rings is 1. The van der Waals surface area contributed by atoms with Crippen molar-refractivity contribution in [2.24, 2.45) is 0 Å². The highest BCUT2D eigenvalue weighted by atomic mass is 35.5. The Hall–Kier alpha value is -2.01. The van der Waals surface area contributed by atoms with Gasteiger partial charge in [-0.15, -0.1) is 0 Å². The number of rotatable bonds is 2. The molecule has 0 unspecified atom stereocenters. The van der Waals surface area contributed by atoms with Gasteiger partial charge in [-0.2, -0.15) is 5.10 Å². The Kier molecular flexibility index (Phi) is 2.54. The second-order valence-electron chi connectivity index (χ2n) is 3.14. The number of nitrogens with one attached hydrogen (secondary N) is 1. The maximum Gasteiger partial charge on any atom is 0.353 e. The maximum atomic E-state index is 10.6.